The second-order valence-electron chi connectivity index (χ2n) is 5.31. The lowest BCUT2D eigenvalue weighted by atomic mass is 10.1. The lowest BCUT2D eigenvalue weighted by Crippen LogP contribution is -2.13. The maximum atomic E-state index is 12.3. The van der Waals surface area contributed by atoms with Crippen molar-refractivity contribution in [3.63, 3.8) is 0 Å². The molecule has 0 aliphatic rings. The molecule has 0 atom stereocenters. The van der Waals surface area contributed by atoms with Crippen molar-refractivity contribution in [2.45, 2.75) is 13.8 Å². The van der Waals surface area contributed by atoms with Crippen LogP contribution in [0.25, 0.3) is 11.5 Å². The van der Waals surface area contributed by atoms with Gasteiger partial charge in [-0.15, -0.1) is 5.10 Å². The van der Waals surface area contributed by atoms with Gasteiger partial charge in [-0.25, -0.2) is 0 Å². The van der Waals surface area contributed by atoms with Crippen molar-refractivity contribution in [3.05, 3.63) is 63.1 Å². The Morgan fingerprint density at radius 2 is 1.88 bits per heavy atom. The third-order valence-electron chi connectivity index (χ3n) is 3.43. The third-order valence-corrected chi connectivity index (χ3v) is 4.00. The molecule has 24 heavy (non-hydrogen) atoms. The molecule has 0 saturated carbocycles. The Labute approximate surface area is 148 Å². The molecule has 0 spiro atoms. The largest absolute Gasteiger partial charge is 0.403 e. The van der Waals surface area contributed by atoms with Crippen LogP contribution < -0.4 is 5.32 Å². The van der Waals surface area contributed by atoms with Crippen LogP contribution in [0.3, 0.4) is 0 Å². The number of carbonyl (C=O) groups is 1. The van der Waals surface area contributed by atoms with Gasteiger partial charge in [0.15, 0.2) is 0 Å². The number of nitrogens with one attached hydrogen (secondary N) is 1. The van der Waals surface area contributed by atoms with Crippen molar-refractivity contribution < 1.29 is 9.21 Å². The Morgan fingerprint density at radius 1 is 1.08 bits per heavy atom. The summed E-state index contributed by atoms with van der Waals surface area (Å²) in [5.74, 6) is -0.140. The first kappa shape index (κ1) is 16.5. The first-order valence-corrected chi connectivity index (χ1v) is 7.87. The molecule has 1 amide bonds. The van der Waals surface area contributed by atoms with Crippen LogP contribution in [0, 0.1) is 13.8 Å². The van der Waals surface area contributed by atoms with Gasteiger partial charge in [-0.1, -0.05) is 46.0 Å². The van der Waals surface area contributed by atoms with E-state index in [1.807, 2.05) is 26.0 Å². The van der Waals surface area contributed by atoms with Crippen molar-refractivity contribution in [3.8, 4) is 11.5 Å². The Hall–Kier alpha value is -2.37. The summed E-state index contributed by atoms with van der Waals surface area (Å²) in [5.41, 5.74) is 3.00. The summed E-state index contributed by atoms with van der Waals surface area (Å²) in [7, 11) is 0. The fourth-order valence-electron chi connectivity index (χ4n) is 2.28. The number of nitrogens with zero attached hydrogens (tertiary/aromatic N) is 2. The first-order valence-electron chi connectivity index (χ1n) is 7.11. The number of rotatable bonds is 3. The van der Waals surface area contributed by atoms with Crippen LogP contribution in [0.15, 0.2) is 40.8 Å². The van der Waals surface area contributed by atoms with Gasteiger partial charge < -0.3 is 4.42 Å². The van der Waals surface area contributed by atoms with E-state index in [9.17, 15) is 4.79 Å². The number of hydrogen-bond acceptors (Lipinski definition) is 4. The van der Waals surface area contributed by atoms with Gasteiger partial charge in [-0.3, -0.25) is 10.1 Å². The van der Waals surface area contributed by atoms with Gasteiger partial charge in [0.25, 0.3) is 11.8 Å². The summed E-state index contributed by atoms with van der Waals surface area (Å²) in [6.45, 7) is 3.83. The number of halogens is 2. The van der Waals surface area contributed by atoms with Gasteiger partial charge in [0, 0.05) is 10.6 Å². The third kappa shape index (κ3) is 3.42. The van der Waals surface area contributed by atoms with Crippen LogP contribution in [-0.2, 0) is 0 Å². The van der Waals surface area contributed by atoms with E-state index < -0.39 is 0 Å². The average Bonchev–Trinajstić information content (AvgIpc) is 2.97. The predicted molar refractivity (Wildman–Crippen MR) is 93.6 cm³/mol. The summed E-state index contributed by atoms with van der Waals surface area (Å²) in [6, 6.07) is 10.5. The topological polar surface area (TPSA) is 68.0 Å². The highest BCUT2D eigenvalue weighted by atomic mass is 35.5. The Kier molecular flexibility index (Phi) is 4.55. The zero-order valence-electron chi connectivity index (χ0n) is 12.9. The molecule has 5 nitrogen and oxygen atoms in total. The molecule has 0 aliphatic heterocycles. The molecule has 3 aromatic rings. The van der Waals surface area contributed by atoms with Gasteiger partial charge >= 0.3 is 6.01 Å². The molecule has 0 saturated heterocycles. The Balaban J connectivity index is 1.83. The SMILES string of the molecule is Cc1ccc(C(=O)Nc2nnc(-c3cc(Cl)ccc3Cl)o2)c(C)c1. The molecular formula is C17H13Cl2N3O2. The molecule has 0 bridgehead atoms. The minimum absolute atomic E-state index is 0.00832. The molecule has 0 radical (unpaired) electrons. The predicted octanol–water partition coefficient (Wildman–Crippen LogP) is 4.91. The Bertz CT molecular complexity index is 922. The Morgan fingerprint density at radius 3 is 2.62 bits per heavy atom. The van der Waals surface area contributed by atoms with E-state index >= 15 is 0 Å². The molecule has 7 heteroatoms. The molecule has 0 unspecified atom stereocenters. The van der Waals surface area contributed by atoms with E-state index in [1.54, 1.807) is 24.3 Å². The molecule has 1 aromatic heterocycles. The normalized spacial score (nSPS) is 10.7. The fourth-order valence-corrected chi connectivity index (χ4v) is 2.65. The van der Waals surface area contributed by atoms with Crippen molar-refractivity contribution >= 4 is 35.1 Å². The van der Waals surface area contributed by atoms with E-state index in [0.29, 0.717) is 21.2 Å². The molecule has 1 heterocycles. The lowest BCUT2D eigenvalue weighted by molar-refractivity contribution is 0.102. The van der Waals surface area contributed by atoms with E-state index in [1.165, 1.54) is 0 Å². The summed E-state index contributed by atoms with van der Waals surface area (Å²) in [6.07, 6.45) is 0. The van der Waals surface area contributed by atoms with E-state index in [-0.39, 0.29) is 17.8 Å². The minimum Gasteiger partial charge on any atom is -0.403 e. The van der Waals surface area contributed by atoms with Crippen LogP contribution in [0.5, 0.6) is 0 Å². The second kappa shape index (κ2) is 6.63. The van der Waals surface area contributed by atoms with Crippen LogP contribution in [0.1, 0.15) is 21.5 Å². The quantitative estimate of drug-likeness (QED) is 0.719. The van der Waals surface area contributed by atoms with Crippen molar-refractivity contribution in [2.24, 2.45) is 0 Å². The summed E-state index contributed by atoms with van der Waals surface area (Å²) < 4.78 is 5.46. The fraction of sp³-hybridized carbons (Fsp3) is 0.118. The maximum Gasteiger partial charge on any atom is 0.322 e. The van der Waals surface area contributed by atoms with E-state index in [4.69, 9.17) is 27.6 Å². The minimum atomic E-state index is -0.320. The van der Waals surface area contributed by atoms with Gasteiger partial charge in [0.05, 0.1) is 10.6 Å². The number of amides is 1. The smallest absolute Gasteiger partial charge is 0.322 e. The molecule has 0 fully saturated rings. The zero-order valence-corrected chi connectivity index (χ0v) is 14.4. The summed E-state index contributed by atoms with van der Waals surface area (Å²) >= 11 is 12.1. The van der Waals surface area contributed by atoms with Crippen LogP contribution in [0.2, 0.25) is 10.0 Å². The number of aryl methyl sites for hydroxylation is 2. The summed E-state index contributed by atoms with van der Waals surface area (Å²) in [5, 5.41) is 11.2. The second-order valence-corrected chi connectivity index (χ2v) is 6.15. The molecule has 122 valence electrons. The van der Waals surface area contributed by atoms with E-state index in [0.717, 1.165) is 11.1 Å². The summed E-state index contributed by atoms with van der Waals surface area (Å²) in [4.78, 5) is 12.3. The maximum absolute atomic E-state index is 12.3. The van der Waals surface area contributed by atoms with Gasteiger partial charge in [-0.05, 0) is 43.7 Å². The van der Waals surface area contributed by atoms with Gasteiger partial charge in [0.1, 0.15) is 0 Å². The standard InChI is InChI=1S/C17H13Cl2N3O2/c1-9-3-5-12(10(2)7-9)15(23)20-17-22-21-16(24-17)13-8-11(18)4-6-14(13)19/h3-8H,1-2H3,(H,20,22,23). The molecular weight excluding hydrogens is 349 g/mol. The monoisotopic (exact) mass is 361 g/mol. The number of carbonyl (C=O) groups excluding carboxylic acids is 1. The molecule has 0 aliphatic carbocycles. The molecule has 2 aromatic carbocycles. The number of hydrogen-bond donors (Lipinski definition) is 1. The van der Waals surface area contributed by atoms with Gasteiger partial charge in [-0.2, -0.15) is 0 Å². The highest BCUT2D eigenvalue weighted by molar-refractivity contribution is 6.35. The molecule has 3 rings (SSSR count). The zero-order chi connectivity index (χ0) is 17.3. The van der Waals surface area contributed by atoms with Crippen molar-refractivity contribution in [2.75, 3.05) is 5.32 Å². The highest BCUT2D eigenvalue weighted by Crippen LogP contribution is 2.30. The average molecular weight is 362 g/mol. The van der Waals surface area contributed by atoms with Crippen LogP contribution >= 0.6 is 23.2 Å². The van der Waals surface area contributed by atoms with Crippen molar-refractivity contribution in [1.82, 2.24) is 10.2 Å². The lowest BCUT2D eigenvalue weighted by Gasteiger charge is -2.05. The number of aromatic nitrogens is 2. The van der Waals surface area contributed by atoms with Crippen LogP contribution in [0.4, 0.5) is 6.01 Å². The first-order chi connectivity index (χ1) is 11.4. The molecule has 1 N–H and O–H groups in total. The highest BCUT2D eigenvalue weighted by Gasteiger charge is 2.16. The number of anilines is 1. The van der Waals surface area contributed by atoms with E-state index in [2.05, 4.69) is 15.5 Å². The van der Waals surface area contributed by atoms with Crippen molar-refractivity contribution in [1.29, 1.82) is 0 Å². The van der Waals surface area contributed by atoms with Gasteiger partial charge in [0.2, 0.25) is 0 Å². The number of benzene rings is 2. The van der Waals surface area contributed by atoms with Crippen LogP contribution in [-0.4, -0.2) is 16.1 Å².